The minimum absolute atomic E-state index is 0.501. The van der Waals surface area contributed by atoms with Gasteiger partial charge >= 0.3 is 0 Å². The molecule has 1 unspecified atom stereocenters. The molecule has 0 aliphatic carbocycles. The van der Waals surface area contributed by atoms with Crippen LogP contribution < -0.4 is 5.32 Å². The van der Waals surface area contributed by atoms with E-state index in [1.54, 1.807) is 11.3 Å². The Morgan fingerprint density at radius 1 is 1.44 bits per heavy atom. The van der Waals surface area contributed by atoms with Crippen LogP contribution in [-0.4, -0.2) is 11.0 Å². The van der Waals surface area contributed by atoms with Gasteiger partial charge in [0.15, 0.2) is 0 Å². The molecule has 0 radical (unpaired) electrons. The van der Waals surface area contributed by atoms with E-state index in [4.69, 9.17) is 0 Å². The monoisotopic (exact) mass is 252 g/mol. The Morgan fingerprint density at radius 3 is 2.94 bits per heavy atom. The highest BCUT2D eigenvalue weighted by atomic mass is 32.1. The molecule has 2 rings (SSSR count). The fourth-order valence-electron chi connectivity index (χ4n) is 1.57. The fraction of sp³-hybridized carbons (Fsp3) is 0.417. The van der Waals surface area contributed by atoms with Crippen molar-refractivity contribution in [2.24, 2.45) is 0 Å². The Balaban J connectivity index is 1.77. The van der Waals surface area contributed by atoms with Gasteiger partial charge in [0.25, 0.3) is 0 Å². The zero-order chi connectivity index (χ0) is 11.4. The first-order chi connectivity index (χ1) is 7.74. The molecule has 16 heavy (non-hydrogen) atoms. The minimum atomic E-state index is 0.501. The van der Waals surface area contributed by atoms with E-state index in [-0.39, 0.29) is 0 Å². The Labute approximate surface area is 104 Å². The van der Waals surface area contributed by atoms with Gasteiger partial charge in [-0.1, -0.05) is 6.07 Å². The first-order valence-corrected chi connectivity index (χ1v) is 7.17. The van der Waals surface area contributed by atoms with Crippen LogP contribution in [0.3, 0.4) is 0 Å². The molecule has 2 aromatic rings. The summed E-state index contributed by atoms with van der Waals surface area (Å²) in [6.45, 7) is 5.14. The van der Waals surface area contributed by atoms with E-state index < -0.39 is 0 Å². The summed E-state index contributed by atoms with van der Waals surface area (Å²) in [7, 11) is 0. The van der Waals surface area contributed by atoms with Crippen molar-refractivity contribution in [1.29, 1.82) is 0 Å². The van der Waals surface area contributed by atoms with Crippen LogP contribution in [0.5, 0.6) is 0 Å². The van der Waals surface area contributed by atoms with Crippen LogP contribution in [0, 0.1) is 6.92 Å². The van der Waals surface area contributed by atoms with Gasteiger partial charge in [-0.2, -0.15) is 0 Å². The molecule has 2 aromatic heterocycles. The van der Waals surface area contributed by atoms with Crippen molar-refractivity contribution in [1.82, 2.24) is 10.3 Å². The van der Waals surface area contributed by atoms with Gasteiger partial charge in [0.05, 0.1) is 10.7 Å². The molecule has 0 aromatic carbocycles. The second-order valence-electron chi connectivity index (χ2n) is 3.92. The molecular formula is C12H16N2S2. The third-order valence-electron chi connectivity index (χ3n) is 2.39. The number of nitrogens with zero attached hydrogens (tertiary/aromatic N) is 1. The van der Waals surface area contributed by atoms with E-state index in [0.717, 1.165) is 23.7 Å². The molecular weight excluding hydrogens is 236 g/mol. The number of aromatic nitrogens is 1. The molecule has 0 bridgehead atoms. The molecule has 0 spiro atoms. The van der Waals surface area contributed by atoms with Gasteiger partial charge in [-0.15, -0.1) is 22.7 Å². The van der Waals surface area contributed by atoms with E-state index in [9.17, 15) is 0 Å². The number of hydrogen-bond donors (Lipinski definition) is 1. The molecule has 0 amide bonds. The van der Waals surface area contributed by atoms with Crippen LogP contribution in [0.15, 0.2) is 22.9 Å². The molecule has 86 valence electrons. The summed E-state index contributed by atoms with van der Waals surface area (Å²) in [4.78, 5) is 5.88. The van der Waals surface area contributed by atoms with Crippen molar-refractivity contribution in [2.75, 3.05) is 0 Å². The van der Waals surface area contributed by atoms with Crippen LogP contribution in [0.25, 0.3) is 0 Å². The number of thiophene rings is 1. The summed E-state index contributed by atoms with van der Waals surface area (Å²) < 4.78 is 0. The van der Waals surface area contributed by atoms with E-state index in [1.165, 1.54) is 4.88 Å². The molecule has 0 fully saturated rings. The van der Waals surface area contributed by atoms with Gasteiger partial charge < -0.3 is 5.32 Å². The van der Waals surface area contributed by atoms with Gasteiger partial charge in [0, 0.05) is 22.8 Å². The van der Waals surface area contributed by atoms with E-state index in [1.807, 2.05) is 18.3 Å². The average Bonchev–Trinajstić information content (AvgIpc) is 2.87. The van der Waals surface area contributed by atoms with Gasteiger partial charge in [0.1, 0.15) is 0 Å². The second-order valence-corrected chi connectivity index (χ2v) is 6.02. The Kier molecular flexibility index (Phi) is 4.09. The maximum absolute atomic E-state index is 4.44. The highest BCUT2D eigenvalue weighted by Gasteiger charge is 2.05. The van der Waals surface area contributed by atoms with E-state index >= 15 is 0 Å². The highest BCUT2D eigenvalue weighted by Crippen LogP contribution is 2.12. The molecule has 0 saturated heterocycles. The summed E-state index contributed by atoms with van der Waals surface area (Å²) in [6, 6.07) is 4.80. The largest absolute Gasteiger partial charge is 0.308 e. The Morgan fingerprint density at radius 2 is 2.31 bits per heavy atom. The Bertz CT molecular complexity index is 420. The maximum Gasteiger partial charge on any atom is 0.0897 e. The van der Waals surface area contributed by atoms with Crippen LogP contribution in [0.1, 0.15) is 22.5 Å². The molecule has 0 saturated carbocycles. The van der Waals surface area contributed by atoms with E-state index in [0.29, 0.717) is 6.04 Å². The summed E-state index contributed by atoms with van der Waals surface area (Å²) in [6.07, 6.45) is 1.10. The van der Waals surface area contributed by atoms with Crippen molar-refractivity contribution in [2.45, 2.75) is 32.9 Å². The van der Waals surface area contributed by atoms with Crippen LogP contribution in [-0.2, 0) is 13.0 Å². The average molecular weight is 252 g/mol. The molecule has 2 nitrogen and oxygen atoms in total. The predicted molar refractivity (Wildman–Crippen MR) is 71.2 cm³/mol. The smallest absolute Gasteiger partial charge is 0.0897 e. The first-order valence-electron chi connectivity index (χ1n) is 5.41. The zero-order valence-corrected chi connectivity index (χ0v) is 11.2. The lowest BCUT2D eigenvalue weighted by Gasteiger charge is -2.11. The number of aryl methyl sites for hydroxylation is 1. The SMILES string of the molecule is Cc1nc(CNC(C)Cc2cccs2)cs1. The number of thiazole rings is 1. The lowest BCUT2D eigenvalue weighted by molar-refractivity contribution is 0.544. The molecule has 0 aliphatic rings. The number of nitrogens with one attached hydrogen (secondary N) is 1. The molecule has 1 atom stereocenters. The van der Waals surface area contributed by atoms with Crippen molar-refractivity contribution < 1.29 is 0 Å². The molecule has 2 heterocycles. The predicted octanol–water partition coefficient (Wildman–Crippen LogP) is 3.23. The summed E-state index contributed by atoms with van der Waals surface area (Å²) >= 11 is 3.54. The van der Waals surface area contributed by atoms with Crippen molar-refractivity contribution in [3.05, 3.63) is 38.5 Å². The number of rotatable bonds is 5. The molecule has 4 heteroatoms. The first kappa shape index (κ1) is 11.8. The summed E-state index contributed by atoms with van der Waals surface area (Å²) in [5.41, 5.74) is 1.15. The van der Waals surface area contributed by atoms with Crippen LogP contribution in [0.4, 0.5) is 0 Å². The summed E-state index contributed by atoms with van der Waals surface area (Å²) in [5.74, 6) is 0. The standard InChI is InChI=1S/C12H16N2S2/c1-9(6-12-4-3-5-15-12)13-7-11-8-16-10(2)14-11/h3-5,8-9,13H,6-7H2,1-2H3. The van der Waals surface area contributed by atoms with Crippen molar-refractivity contribution in [3.8, 4) is 0 Å². The Hall–Kier alpha value is -0.710. The highest BCUT2D eigenvalue weighted by molar-refractivity contribution is 7.10. The molecule has 0 aliphatic heterocycles. The number of hydrogen-bond acceptors (Lipinski definition) is 4. The molecule has 1 N–H and O–H groups in total. The third-order valence-corrected chi connectivity index (χ3v) is 4.11. The van der Waals surface area contributed by atoms with Gasteiger partial charge in [-0.25, -0.2) is 4.98 Å². The second kappa shape index (κ2) is 5.57. The normalized spacial score (nSPS) is 12.9. The fourth-order valence-corrected chi connectivity index (χ4v) is 3.02. The van der Waals surface area contributed by atoms with Gasteiger partial charge in [0.2, 0.25) is 0 Å². The van der Waals surface area contributed by atoms with Gasteiger partial charge in [-0.05, 0) is 31.7 Å². The lowest BCUT2D eigenvalue weighted by atomic mass is 10.2. The van der Waals surface area contributed by atoms with E-state index in [2.05, 4.69) is 40.1 Å². The zero-order valence-electron chi connectivity index (χ0n) is 9.56. The van der Waals surface area contributed by atoms with Gasteiger partial charge in [-0.3, -0.25) is 0 Å². The third kappa shape index (κ3) is 3.40. The topological polar surface area (TPSA) is 24.9 Å². The maximum atomic E-state index is 4.44. The summed E-state index contributed by atoms with van der Waals surface area (Å²) in [5, 5.41) is 8.90. The van der Waals surface area contributed by atoms with Crippen molar-refractivity contribution >= 4 is 22.7 Å². The van der Waals surface area contributed by atoms with Crippen molar-refractivity contribution in [3.63, 3.8) is 0 Å². The minimum Gasteiger partial charge on any atom is -0.308 e. The quantitative estimate of drug-likeness (QED) is 0.883. The van der Waals surface area contributed by atoms with Crippen LogP contribution in [0.2, 0.25) is 0 Å². The van der Waals surface area contributed by atoms with Crippen LogP contribution >= 0.6 is 22.7 Å². The lowest BCUT2D eigenvalue weighted by Crippen LogP contribution is -2.27.